The summed E-state index contributed by atoms with van der Waals surface area (Å²) in [6.07, 6.45) is 10.0. The predicted molar refractivity (Wildman–Crippen MR) is 223 cm³/mol. The highest BCUT2D eigenvalue weighted by Gasteiger charge is 2.52. The summed E-state index contributed by atoms with van der Waals surface area (Å²) in [7, 11) is 1.66. The molecule has 14 nitrogen and oxygen atoms in total. The molecule has 9 rings (SSSR count). The lowest BCUT2D eigenvalue weighted by Gasteiger charge is -2.35. The van der Waals surface area contributed by atoms with Gasteiger partial charge in [-0.3, -0.25) is 28.1 Å². The van der Waals surface area contributed by atoms with Crippen LogP contribution in [0.15, 0.2) is 87.7 Å². The maximum absolute atomic E-state index is 15.3. The van der Waals surface area contributed by atoms with E-state index in [-0.39, 0.29) is 28.9 Å². The SMILES string of the molecule is C=CC(CCCn1ccn(-c2c(-c3ccc(F)cc3)nn3c2[C@H](C)N(C(=O)c2cc4cc([C@@H]5CCOC(C)(C)C5)ccc4n2C2(c4noc(=O)[nH]4)CC2)CC3)c1=O)COC. The van der Waals surface area contributed by atoms with Crippen LogP contribution in [0.1, 0.15) is 98.8 Å². The van der Waals surface area contributed by atoms with Gasteiger partial charge in [0.05, 0.1) is 30.5 Å². The zero-order chi connectivity index (χ0) is 41.9. The molecule has 6 aromatic rings. The first kappa shape index (κ1) is 39.6. The standard InChI is InChI=1S/C45H51FN8O6/c1-6-29(27-58-5)8-7-18-50-19-20-52(43(50)57)39-37(30-9-12-34(46)13-10-30)48-53-22-21-51(28(2)38(39)53)40(55)36-25-33-24-31(32-15-23-59-44(3,4)26-32)11-14-35(33)54(36)45(16-17-45)41-47-42(56)60-49-41/h6,9-14,19-20,24-25,28-29,32H,1,7-8,15-18,21-23,26-27H2,2-5H3,(H,47,49,56)/t28-,29?,32+/m0/s1. The maximum Gasteiger partial charge on any atom is 0.438 e. The van der Waals surface area contributed by atoms with E-state index in [9.17, 15) is 14.0 Å². The molecule has 314 valence electrons. The summed E-state index contributed by atoms with van der Waals surface area (Å²) in [6, 6.07) is 13.9. The first-order valence-electron chi connectivity index (χ1n) is 20.8. The first-order chi connectivity index (χ1) is 28.9. The van der Waals surface area contributed by atoms with Crippen LogP contribution < -0.4 is 11.4 Å². The van der Waals surface area contributed by atoms with Crippen LogP contribution in [0.5, 0.6) is 0 Å². The molecular weight excluding hydrogens is 768 g/mol. The molecule has 2 fully saturated rings. The van der Waals surface area contributed by atoms with Crippen molar-refractivity contribution in [2.24, 2.45) is 5.92 Å². The molecule has 15 heteroatoms. The van der Waals surface area contributed by atoms with E-state index < -0.39 is 17.3 Å². The third kappa shape index (κ3) is 6.96. The van der Waals surface area contributed by atoms with Crippen molar-refractivity contribution in [2.75, 3.05) is 26.9 Å². The van der Waals surface area contributed by atoms with Crippen molar-refractivity contribution in [1.29, 1.82) is 0 Å². The zero-order valence-electron chi connectivity index (χ0n) is 34.5. The number of imidazole rings is 1. The Morgan fingerprint density at radius 2 is 1.92 bits per heavy atom. The smallest absolute Gasteiger partial charge is 0.384 e. The number of hydrogen-bond acceptors (Lipinski definition) is 8. The topological polar surface area (TPSA) is 147 Å². The normalized spacial score (nSPS) is 20.0. The zero-order valence-corrected chi connectivity index (χ0v) is 34.5. The minimum Gasteiger partial charge on any atom is -0.384 e. The van der Waals surface area contributed by atoms with E-state index in [2.05, 4.69) is 48.8 Å². The van der Waals surface area contributed by atoms with Gasteiger partial charge in [0.1, 0.15) is 28.4 Å². The van der Waals surface area contributed by atoms with Crippen molar-refractivity contribution in [1.82, 2.24) is 38.5 Å². The van der Waals surface area contributed by atoms with E-state index in [0.717, 1.165) is 36.6 Å². The largest absolute Gasteiger partial charge is 0.438 e. The second kappa shape index (κ2) is 15.3. The Balaban J connectivity index is 1.12. The molecule has 3 atom stereocenters. The highest BCUT2D eigenvalue weighted by atomic mass is 19.1. The van der Waals surface area contributed by atoms with Gasteiger partial charge in [0.2, 0.25) is 0 Å². The van der Waals surface area contributed by atoms with Crippen LogP contribution in [-0.4, -0.2) is 76.9 Å². The number of hydrogen-bond donors (Lipinski definition) is 1. The fourth-order valence-corrected chi connectivity index (χ4v) is 9.56. The van der Waals surface area contributed by atoms with Gasteiger partial charge < -0.3 is 18.9 Å². The number of rotatable bonds is 13. The van der Waals surface area contributed by atoms with Crippen LogP contribution in [0, 0.1) is 11.7 Å². The summed E-state index contributed by atoms with van der Waals surface area (Å²) in [4.78, 5) is 46.4. The number of aromatic nitrogens is 7. The molecule has 0 bridgehead atoms. The van der Waals surface area contributed by atoms with Gasteiger partial charge in [0, 0.05) is 55.7 Å². The highest BCUT2D eigenvalue weighted by Crippen LogP contribution is 2.51. The lowest BCUT2D eigenvalue weighted by atomic mass is 9.83. The molecule has 0 radical (unpaired) electrons. The molecule has 6 heterocycles. The fourth-order valence-electron chi connectivity index (χ4n) is 9.56. The van der Waals surface area contributed by atoms with Crippen molar-refractivity contribution < 1.29 is 23.2 Å². The van der Waals surface area contributed by atoms with Gasteiger partial charge in [-0.05, 0) is 119 Å². The number of amides is 1. The summed E-state index contributed by atoms with van der Waals surface area (Å²) >= 11 is 0. The number of aromatic amines is 1. The number of ether oxygens (including phenoxy) is 2. The Morgan fingerprint density at radius 1 is 1.12 bits per heavy atom. The predicted octanol–water partition coefficient (Wildman–Crippen LogP) is 6.93. The first-order valence-corrected chi connectivity index (χ1v) is 20.8. The molecule has 1 aliphatic carbocycles. The second-order valence-electron chi connectivity index (χ2n) is 17.2. The molecule has 1 saturated carbocycles. The number of nitrogens with one attached hydrogen (secondary N) is 1. The number of H-pyrrole nitrogens is 1. The quantitative estimate of drug-likeness (QED) is 0.124. The Morgan fingerprint density at radius 3 is 2.62 bits per heavy atom. The van der Waals surface area contributed by atoms with Crippen LogP contribution in [0.2, 0.25) is 0 Å². The molecule has 4 aromatic heterocycles. The van der Waals surface area contributed by atoms with E-state index in [0.29, 0.717) is 85.8 Å². The number of carbonyl (C=O) groups excluding carboxylic acids is 1. The van der Waals surface area contributed by atoms with Gasteiger partial charge in [0.25, 0.3) is 5.91 Å². The van der Waals surface area contributed by atoms with Crippen LogP contribution in [0.4, 0.5) is 4.39 Å². The molecule has 2 aliphatic heterocycles. The Kier molecular flexibility index (Phi) is 10.1. The van der Waals surface area contributed by atoms with Crippen molar-refractivity contribution in [3.05, 3.63) is 123 Å². The van der Waals surface area contributed by atoms with Gasteiger partial charge in [-0.1, -0.05) is 17.3 Å². The average molecular weight is 819 g/mol. The minimum atomic E-state index is -0.770. The van der Waals surface area contributed by atoms with E-state index in [1.165, 1.54) is 17.7 Å². The van der Waals surface area contributed by atoms with Gasteiger partial charge in [-0.25, -0.2) is 14.0 Å². The summed E-state index contributed by atoms with van der Waals surface area (Å²) in [5.41, 5.74) is 3.66. The highest BCUT2D eigenvalue weighted by molar-refractivity contribution is 6.00. The van der Waals surface area contributed by atoms with Gasteiger partial charge >= 0.3 is 11.4 Å². The fraction of sp³-hybridized carbons (Fsp3) is 0.444. The third-order valence-corrected chi connectivity index (χ3v) is 12.8. The number of nitrogens with zero attached hydrogens (tertiary/aromatic N) is 7. The molecule has 2 aromatic carbocycles. The summed E-state index contributed by atoms with van der Waals surface area (Å²) < 4.78 is 37.7. The molecule has 1 unspecified atom stereocenters. The van der Waals surface area contributed by atoms with Crippen molar-refractivity contribution in [3.63, 3.8) is 0 Å². The van der Waals surface area contributed by atoms with Crippen LogP contribution in [0.3, 0.4) is 0 Å². The van der Waals surface area contributed by atoms with Crippen LogP contribution >= 0.6 is 0 Å². The molecule has 1 amide bonds. The van der Waals surface area contributed by atoms with Crippen LogP contribution in [0.25, 0.3) is 27.8 Å². The Labute approximate surface area is 346 Å². The molecular formula is C45H51FN8O6. The van der Waals surface area contributed by atoms with Crippen LogP contribution in [-0.2, 0) is 28.1 Å². The maximum atomic E-state index is 15.3. The Bertz CT molecular complexity index is 2690. The monoisotopic (exact) mass is 818 g/mol. The number of methoxy groups -OCH3 is 1. The number of benzene rings is 2. The van der Waals surface area contributed by atoms with Gasteiger partial charge in [-0.15, -0.1) is 6.58 Å². The average Bonchev–Trinajstić information content (AvgIpc) is 3.50. The lowest BCUT2D eigenvalue weighted by Crippen LogP contribution is -2.43. The number of carbonyl (C=O) groups is 1. The molecule has 1 N–H and O–H groups in total. The second-order valence-corrected chi connectivity index (χ2v) is 17.2. The minimum absolute atomic E-state index is 0.179. The third-order valence-electron chi connectivity index (χ3n) is 12.8. The lowest BCUT2D eigenvalue weighted by molar-refractivity contribution is -0.0592. The van der Waals surface area contributed by atoms with E-state index in [1.807, 2.05) is 33.2 Å². The summed E-state index contributed by atoms with van der Waals surface area (Å²) in [6.45, 7) is 12.6. The number of halogens is 1. The molecule has 1 saturated heterocycles. The molecule has 3 aliphatic rings. The van der Waals surface area contributed by atoms with Crippen molar-refractivity contribution in [3.8, 4) is 16.9 Å². The van der Waals surface area contributed by atoms with Crippen molar-refractivity contribution in [2.45, 2.75) is 95.5 Å². The Hall–Kier alpha value is -5.80. The van der Waals surface area contributed by atoms with E-state index >= 15 is 4.79 Å². The summed E-state index contributed by atoms with van der Waals surface area (Å²) in [5, 5.41) is 10.1. The van der Waals surface area contributed by atoms with Gasteiger partial charge in [-0.2, -0.15) is 5.10 Å². The van der Waals surface area contributed by atoms with E-state index in [1.54, 1.807) is 40.8 Å². The number of fused-ring (bicyclic) bond motifs is 2. The summed E-state index contributed by atoms with van der Waals surface area (Å²) in [5.74, 6) is -0.374. The molecule has 60 heavy (non-hydrogen) atoms. The van der Waals surface area contributed by atoms with Crippen molar-refractivity contribution >= 4 is 16.8 Å². The van der Waals surface area contributed by atoms with Gasteiger partial charge in [0.15, 0.2) is 5.82 Å². The van der Waals surface area contributed by atoms with E-state index in [4.69, 9.17) is 19.1 Å². The number of aryl methyl sites for hydroxylation is 1. The molecule has 0 spiro atoms.